The molecule has 0 aliphatic heterocycles. The smallest absolute Gasteiger partial charge is 0.251 e. The van der Waals surface area contributed by atoms with Crippen molar-refractivity contribution in [1.29, 1.82) is 0 Å². The van der Waals surface area contributed by atoms with Crippen molar-refractivity contribution in [2.45, 2.75) is 16.2 Å². The number of nitrogens with one attached hydrogen (secondary N) is 1. The minimum absolute atomic E-state index is 0.0306. The predicted octanol–water partition coefficient (Wildman–Crippen LogP) is 0.557. The number of nitrogens with two attached hydrogens (primary N) is 1. The summed E-state index contributed by atoms with van der Waals surface area (Å²) in [4.78, 5) is 12.3. The lowest BCUT2D eigenvalue weighted by atomic mass is 10.1. The van der Waals surface area contributed by atoms with Crippen molar-refractivity contribution < 1.29 is 21.6 Å². The minimum atomic E-state index is -3.72. The van der Waals surface area contributed by atoms with Gasteiger partial charge in [-0.1, -0.05) is 12.1 Å². The average Bonchev–Trinajstić information content (AvgIpc) is 2.61. The SMILES string of the molecule is CN(C)S(=O)(=O)c1ccc(C(=O)NCCc2ccc(S(N)(=O)=O)cc2)cc1. The quantitative estimate of drug-likeness (QED) is 0.688. The number of nitrogens with zero attached hydrogens (tertiary/aromatic N) is 1. The summed E-state index contributed by atoms with van der Waals surface area (Å²) in [6.07, 6.45) is 0.504. The van der Waals surface area contributed by atoms with Crippen molar-refractivity contribution >= 4 is 26.0 Å². The molecular weight excluding hydrogens is 390 g/mol. The third-order valence-corrected chi connectivity index (χ3v) is 6.60. The van der Waals surface area contributed by atoms with E-state index in [4.69, 9.17) is 5.14 Å². The Morgan fingerprint density at radius 2 is 1.44 bits per heavy atom. The molecule has 0 spiro atoms. The number of carbonyl (C=O) groups excluding carboxylic acids is 1. The van der Waals surface area contributed by atoms with Crippen LogP contribution < -0.4 is 10.5 Å². The Hall–Kier alpha value is -2.27. The van der Waals surface area contributed by atoms with E-state index < -0.39 is 20.0 Å². The highest BCUT2D eigenvalue weighted by Gasteiger charge is 2.17. The molecule has 0 aliphatic rings. The van der Waals surface area contributed by atoms with Crippen molar-refractivity contribution in [2.75, 3.05) is 20.6 Å². The highest BCUT2D eigenvalue weighted by Crippen LogP contribution is 2.14. The summed E-state index contributed by atoms with van der Waals surface area (Å²) in [7, 11) is -4.39. The predicted molar refractivity (Wildman–Crippen MR) is 101 cm³/mol. The topological polar surface area (TPSA) is 127 Å². The van der Waals surface area contributed by atoms with E-state index in [1.165, 1.54) is 50.5 Å². The molecule has 10 heteroatoms. The lowest BCUT2D eigenvalue weighted by Crippen LogP contribution is -2.26. The van der Waals surface area contributed by atoms with E-state index in [0.717, 1.165) is 9.87 Å². The molecule has 0 aromatic heterocycles. The molecule has 0 radical (unpaired) electrons. The van der Waals surface area contributed by atoms with Crippen molar-refractivity contribution in [3.8, 4) is 0 Å². The van der Waals surface area contributed by atoms with E-state index in [1.807, 2.05) is 0 Å². The van der Waals surface area contributed by atoms with Crippen LogP contribution in [0.25, 0.3) is 0 Å². The Kier molecular flexibility index (Phi) is 6.37. The first-order chi connectivity index (χ1) is 12.5. The van der Waals surface area contributed by atoms with Gasteiger partial charge in [0.2, 0.25) is 20.0 Å². The zero-order valence-electron chi connectivity index (χ0n) is 14.9. The van der Waals surface area contributed by atoms with Crippen molar-refractivity contribution in [2.24, 2.45) is 5.14 Å². The van der Waals surface area contributed by atoms with Crippen LogP contribution in [0, 0.1) is 0 Å². The van der Waals surface area contributed by atoms with Gasteiger partial charge in [-0.05, 0) is 48.4 Å². The third kappa shape index (κ3) is 5.36. The Morgan fingerprint density at radius 3 is 1.93 bits per heavy atom. The number of carbonyl (C=O) groups is 1. The fourth-order valence-corrected chi connectivity index (χ4v) is 3.67. The van der Waals surface area contributed by atoms with Gasteiger partial charge in [-0.15, -0.1) is 0 Å². The van der Waals surface area contributed by atoms with Crippen LogP contribution in [-0.2, 0) is 26.5 Å². The second kappa shape index (κ2) is 8.17. The van der Waals surface area contributed by atoms with Crippen LogP contribution in [0.2, 0.25) is 0 Å². The highest BCUT2D eigenvalue weighted by atomic mass is 32.2. The van der Waals surface area contributed by atoms with Gasteiger partial charge in [-0.2, -0.15) is 0 Å². The van der Waals surface area contributed by atoms with Crippen LogP contribution in [0.15, 0.2) is 58.3 Å². The second-order valence-electron chi connectivity index (χ2n) is 6.01. The molecule has 0 unspecified atom stereocenters. The number of amides is 1. The van der Waals surface area contributed by atoms with E-state index in [0.29, 0.717) is 18.5 Å². The summed E-state index contributed by atoms with van der Waals surface area (Å²) in [6, 6.07) is 11.8. The zero-order valence-corrected chi connectivity index (χ0v) is 16.5. The highest BCUT2D eigenvalue weighted by molar-refractivity contribution is 7.89. The molecule has 0 bridgehead atoms. The Morgan fingerprint density at radius 1 is 0.926 bits per heavy atom. The molecule has 0 aliphatic carbocycles. The number of hydrogen-bond donors (Lipinski definition) is 2. The maximum Gasteiger partial charge on any atom is 0.251 e. The Balaban J connectivity index is 1.94. The summed E-state index contributed by atoms with van der Waals surface area (Å²) < 4.78 is 47.5. The second-order valence-corrected chi connectivity index (χ2v) is 9.72. The fourth-order valence-electron chi connectivity index (χ4n) is 2.26. The number of primary sulfonamides is 1. The molecular formula is C17H21N3O5S2. The van der Waals surface area contributed by atoms with Gasteiger partial charge in [0, 0.05) is 26.2 Å². The standard InChI is InChI=1S/C17H21N3O5S2/c1-20(2)27(24,25)16-9-5-14(6-10-16)17(21)19-12-11-13-3-7-15(8-4-13)26(18,22)23/h3-10H,11-12H2,1-2H3,(H,19,21)(H2,18,22,23). The third-order valence-electron chi connectivity index (χ3n) is 3.85. The first kappa shape index (κ1) is 21.0. The number of rotatable bonds is 7. The van der Waals surface area contributed by atoms with E-state index in [-0.39, 0.29) is 15.7 Å². The maximum absolute atomic E-state index is 12.1. The molecule has 146 valence electrons. The first-order valence-electron chi connectivity index (χ1n) is 7.94. The van der Waals surface area contributed by atoms with E-state index in [9.17, 15) is 21.6 Å². The lowest BCUT2D eigenvalue weighted by molar-refractivity contribution is 0.0954. The fraction of sp³-hybridized carbons (Fsp3) is 0.235. The van der Waals surface area contributed by atoms with Gasteiger partial charge in [0.05, 0.1) is 9.79 Å². The molecule has 3 N–H and O–H groups in total. The molecule has 0 atom stereocenters. The number of hydrogen-bond acceptors (Lipinski definition) is 5. The summed E-state index contributed by atoms with van der Waals surface area (Å²) in [5, 5.41) is 7.77. The largest absolute Gasteiger partial charge is 0.352 e. The van der Waals surface area contributed by atoms with Crippen LogP contribution in [0.4, 0.5) is 0 Å². The van der Waals surface area contributed by atoms with Gasteiger partial charge in [-0.3, -0.25) is 4.79 Å². The lowest BCUT2D eigenvalue weighted by Gasteiger charge is -2.11. The number of sulfonamides is 2. The molecule has 2 aromatic rings. The Labute approximate surface area is 159 Å². The van der Waals surface area contributed by atoms with Gasteiger partial charge in [0.15, 0.2) is 0 Å². The summed E-state index contributed by atoms with van der Waals surface area (Å²) in [6.45, 7) is 0.339. The normalized spacial score (nSPS) is 12.1. The van der Waals surface area contributed by atoms with Crippen LogP contribution in [-0.4, -0.2) is 47.7 Å². The van der Waals surface area contributed by atoms with E-state index >= 15 is 0 Å². The van der Waals surface area contributed by atoms with Gasteiger partial charge < -0.3 is 5.32 Å². The van der Waals surface area contributed by atoms with Gasteiger partial charge in [0.25, 0.3) is 5.91 Å². The Bertz CT molecular complexity index is 1010. The molecule has 0 saturated heterocycles. The summed E-state index contributed by atoms with van der Waals surface area (Å²) in [5.41, 5.74) is 1.19. The minimum Gasteiger partial charge on any atom is -0.352 e. The van der Waals surface area contributed by atoms with Crippen LogP contribution in [0.1, 0.15) is 15.9 Å². The van der Waals surface area contributed by atoms with Gasteiger partial charge in [0.1, 0.15) is 0 Å². The van der Waals surface area contributed by atoms with Crippen molar-refractivity contribution in [3.05, 3.63) is 59.7 Å². The van der Waals surface area contributed by atoms with Crippen LogP contribution in [0.5, 0.6) is 0 Å². The van der Waals surface area contributed by atoms with E-state index in [1.54, 1.807) is 12.1 Å². The average molecular weight is 412 g/mol. The van der Waals surface area contributed by atoms with Crippen molar-refractivity contribution in [3.63, 3.8) is 0 Å². The molecule has 0 fully saturated rings. The zero-order chi connectivity index (χ0) is 20.2. The summed E-state index contributed by atoms with van der Waals surface area (Å²) >= 11 is 0. The van der Waals surface area contributed by atoms with Crippen LogP contribution >= 0.6 is 0 Å². The van der Waals surface area contributed by atoms with Crippen molar-refractivity contribution in [1.82, 2.24) is 9.62 Å². The molecule has 8 nitrogen and oxygen atoms in total. The van der Waals surface area contributed by atoms with Gasteiger partial charge in [-0.25, -0.2) is 26.3 Å². The summed E-state index contributed by atoms with van der Waals surface area (Å²) in [5.74, 6) is -0.329. The first-order valence-corrected chi connectivity index (χ1v) is 10.9. The molecule has 27 heavy (non-hydrogen) atoms. The molecule has 0 heterocycles. The molecule has 1 amide bonds. The van der Waals surface area contributed by atoms with E-state index in [2.05, 4.69) is 5.32 Å². The molecule has 0 saturated carbocycles. The molecule has 2 aromatic carbocycles. The monoisotopic (exact) mass is 411 g/mol. The number of benzene rings is 2. The van der Waals surface area contributed by atoms with Gasteiger partial charge >= 0.3 is 0 Å². The maximum atomic E-state index is 12.1. The molecule has 2 rings (SSSR count). The van der Waals surface area contributed by atoms with Crippen LogP contribution in [0.3, 0.4) is 0 Å².